The molecule has 3 nitrogen and oxygen atoms in total. The van der Waals surface area contributed by atoms with Gasteiger partial charge in [0, 0.05) is 32.5 Å². The number of carbonyl (C=O) groups is 2. The highest BCUT2D eigenvalue weighted by molar-refractivity contribution is 5.97. The first-order chi connectivity index (χ1) is 8.04. The van der Waals surface area contributed by atoms with Gasteiger partial charge in [-0.25, -0.2) is 0 Å². The predicted octanol–water partition coefficient (Wildman–Crippen LogP) is 2.30. The molecule has 1 aromatic rings. The van der Waals surface area contributed by atoms with Crippen molar-refractivity contribution in [2.75, 3.05) is 14.1 Å². The lowest BCUT2D eigenvalue weighted by Gasteiger charge is -2.09. The van der Waals surface area contributed by atoms with E-state index in [1.54, 1.807) is 14.1 Å². The predicted molar refractivity (Wildman–Crippen MR) is 68.1 cm³/mol. The van der Waals surface area contributed by atoms with Gasteiger partial charge >= 0.3 is 0 Å². The molecule has 1 amide bonds. The Morgan fingerprint density at radius 2 is 1.65 bits per heavy atom. The zero-order chi connectivity index (χ0) is 12.8. The van der Waals surface area contributed by atoms with E-state index in [1.807, 2.05) is 24.3 Å². The maximum absolute atomic E-state index is 11.8. The van der Waals surface area contributed by atoms with Crippen LogP contribution in [-0.2, 0) is 11.2 Å². The molecule has 0 heterocycles. The van der Waals surface area contributed by atoms with Crippen LogP contribution >= 0.6 is 0 Å². The third-order valence-corrected chi connectivity index (χ3v) is 2.75. The molecule has 0 saturated carbocycles. The van der Waals surface area contributed by atoms with Gasteiger partial charge in [0.15, 0.2) is 5.78 Å². The maximum atomic E-state index is 11.8. The molecular formula is C14H19NO2. The van der Waals surface area contributed by atoms with E-state index in [2.05, 4.69) is 6.92 Å². The summed E-state index contributed by atoms with van der Waals surface area (Å²) < 4.78 is 0. The fourth-order valence-electron chi connectivity index (χ4n) is 1.51. The van der Waals surface area contributed by atoms with Crippen molar-refractivity contribution >= 4 is 11.7 Å². The third kappa shape index (κ3) is 4.02. The summed E-state index contributed by atoms with van der Waals surface area (Å²) in [4.78, 5) is 24.7. The van der Waals surface area contributed by atoms with Gasteiger partial charge in [-0.05, 0) is 12.0 Å². The van der Waals surface area contributed by atoms with Crippen LogP contribution in [0, 0.1) is 0 Å². The standard InChI is InChI=1S/C14H19NO2/c1-4-11-5-7-12(8-6-11)13(16)9-10-14(17)15(2)3/h5-8H,4,9-10H2,1-3H3. The van der Waals surface area contributed by atoms with Crippen LogP contribution in [-0.4, -0.2) is 30.7 Å². The highest BCUT2D eigenvalue weighted by atomic mass is 16.2. The van der Waals surface area contributed by atoms with Crippen LogP contribution in [0.25, 0.3) is 0 Å². The summed E-state index contributed by atoms with van der Waals surface area (Å²) in [6, 6.07) is 7.59. The number of Topliss-reactive ketones (excluding diaryl/α,β-unsaturated/α-hetero) is 1. The Morgan fingerprint density at radius 3 is 2.12 bits per heavy atom. The number of amides is 1. The topological polar surface area (TPSA) is 37.4 Å². The van der Waals surface area contributed by atoms with Gasteiger partial charge in [0.05, 0.1) is 0 Å². The Hall–Kier alpha value is -1.64. The van der Waals surface area contributed by atoms with Gasteiger partial charge in [-0.1, -0.05) is 31.2 Å². The Labute approximate surface area is 102 Å². The molecule has 1 rings (SSSR count). The molecule has 0 unspecified atom stereocenters. The maximum Gasteiger partial charge on any atom is 0.222 e. The molecule has 0 fully saturated rings. The van der Waals surface area contributed by atoms with E-state index < -0.39 is 0 Å². The van der Waals surface area contributed by atoms with E-state index in [4.69, 9.17) is 0 Å². The Kier molecular flexibility index (Phi) is 4.88. The SMILES string of the molecule is CCc1ccc(C(=O)CCC(=O)N(C)C)cc1. The minimum Gasteiger partial charge on any atom is -0.349 e. The quantitative estimate of drug-likeness (QED) is 0.732. The van der Waals surface area contributed by atoms with Crippen LogP contribution < -0.4 is 0 Å². The van der Waals surface area contributed by atoms with Crippen molar-refractivity contribution in [3.05, 3.63) is 35.4 Å². The Morgan fingerprint density at radius 1 is 1.06 bits per heavy atom. The molecule has 0 aliphatic heterocycles. The number of hydrogen-bond acceptors (Lipinski definition) is 2. The van der Waals surface area contributed by atoms with E-state index >= 15 is 0 Å². The zero-order valence-corrected chi connectivity index (χ0v) is 10.7. The smallest absolute Gasteiger partial charge is 0.222 e. The second-order valence-corrected chi connectivity index (χ2v) is 4.26. The van der Waals surface area contributed by atoms with Crippen LogP contribution in [0.1, 0.15) is 35.7 Å². The molecule has 92 valence electrons. The molecule has 0 aliphatic carbocycles. The number of aryl methyl sites for hydroxylation is 1. The summed E-state index contributed by atoms with van der Waals surface area (Å²) >= 11 is 0. The summed E-state index contributed by atoms with van der Waals surface area (Å²) in [6.07, 6.45) is 1.53. The molecular weight excluding hydrogens is 214 g/mol. The van der Waals surface area contributed by atoms with Gasteiger partial charge < -0.3 is 4.90 Å². The lowest BCUT2D eigenvalue weighted by atomic mass is 10.0. The highest BCUT2D eigenvalue weighted by Gasteiger charge is 2.10. The van der Waals surface area contributed by atoms with Crippen LogP contribution in [0.3, 0.4) is 0 Å². The highest BCUT2D eigenvalue weighted by Crippen LogP contribution is 2.09. The van der Waals surface area contributed by atoms with Gasteiger partial charge in [-0.15, -0.1) is 0 Å². The third-order valence-electron chi connectivity index (χ3n) is 2.75. The first-order valence-corrected chi connectivity index (χ1v) is 5.87. The lowest BCUT2D eigenvalue weighted by molar-refractivity contribution is -0.128. The zero-order valence-electron chi connectivity index (χ0n) is 10.7. The molecule has 0 aliphatic rings. The molecule has 0 atom stereocenters. The molecule has 3 heteroatoms. The number of rotatable bonds is 5. The average molecular weight is 233 g/mol. The van der Waals surface area contributed by atoms with E-state index in [0.29, 0.717) is 5.56 Å². The van der Waals surface area contributed by atoms with E-state index in [-0.39, 0.29) is 24.5 Å². The fraction of sp³-hybridized carbons (Fsp3) is 0.429. The summed E-state index contributed by atoms with van der Waals surface area (Å²) in [6.45, 7) is 2.08. The summed E-state index contributed by atoms with van der Waals surface area (Å²) in [5, 5.41) is 0. The average Bonchev–Trinajstić information content (AvgIpc) is 2.35. The minimum absolute atomic E-state index is 0.0106. The van der Waals surface area contributed by atoms with Crippen molar-refractivity contribution in [1.29, 1.82) is 0 Å². The van der Waals surface area contributed by atoms with Gasteiger partial charge in [0.1, 0.15) is 0 Å². The van der Waals surface area contributed by atoms with Crippen molar-refractivity contribution in [3.63, 3.8) is 0 Å². The van der Waals surface area contributed by atoms with Crippen LogP contribution in [0.15, 0.2) is 24.3 Å². The van der Waals surface area contributed by atoms with E-state index in [9.17, 15) is 9.59 Å². The monoisotopic (exact) mass is 233 g/mol. The van der Waals surface area contributed by atoms with Crippen LogP contribution in [0.5, 0.6) is 0 Å². The molecule has 0 aromatic heterocycles. The van der Waals surface area contributed by atoms with Crippen molar-refractivity contribution in [2.45, 2.75) is 26.2 Å². The first kappa shape index (κ1) is 13.4. The molecule has 0 N–H and O–H groups in total. The number of nitrogens with zero attached hydrogens (tertiary/aromatic N) is 1. The Balaban J connectivity index is 2.55. The van der Waals surface area contributed by atoms with E-state index in [0.717, 1.165) is 6.42 Å². The second-order valence-electron chi connectivity index (χ2n) is 4.26. The van der Waals surface area contributed by atoms with Gasteiger partial charge in [0.2, 0.25) is 5.91 Å². The molecule has 17 heavy (non-hydrogen) atoms. The van der Waals surface area contributed by atoms with Crippen molar-refractivity contribution < 1.29 is 9.59 Å². The minimum atomic E-state index is -0.0106. The van der Waals surface area contributed by atoms with Gasteiger partial charge in [-0.2, -0.15) is 0 Å². The summed E-state index contributed by atoms with van der Waals surface area (Å²) in [7, 11) is 3.39. The van der Waals surface area contributed by atoms with Crippen LogP contribution in [0.4, 0.5) is 0 Å². The summed E-state index contributed by atoms with van der Waals surface area (Å²) in [5.74, 6) is 0.0198. The van der Waals surface area contributed by atoms with Crippen molar-refractivity contribution in [3.8, 4) is 0 Å². The molecule has 0 bridgehead atoms. The lowest BCUT2D eigenvalue weighted by Crippen LogP contribution is -2.22. The number of benzene rings is 1. The molecule has 0 saturated heterocycles. The number of carbonyl (C=O) groups excluding carboxylic acids is 2. The first-order valence-electron chi connectivity index (χ1n) is 5.87. The van der Waals surface area contributed by atoms with Gasteiger partial charge in [0.25, 0.3) is 0 Å². The molecule has 0 radical (unpaired) electrons. The summed E-state index contributed by atoms with van der Waals surface area (Å²) in [5.41, 5.74) is 1.90. The van der Waals surface area contributed by atoms with Crippen LogP contribution in [0.2, 0.25) is 0 Å². The fourth-order valence-corrected chi connectivity index (χ4v) is 1.51. The normalized spacial score (nSPS) is 10.1. The van der Waals surface area contributed by atoms with Crippen molar-refractivity contribution in [2.24, 2.45) is 0 Å². The Bertz CT molecular complexity index is 393. The number of hydrogen-bond donors (Lipinski definition) is 0. The second kappa shape index (κ2) is 6.18. The van der Waals surface area contributed by atoms with Gasteiger partial charge in [-0.3, -0.25) is 9.59 Å². The molecule has 1 aromatic carbocycles. The van der Waals surface area contributed by atoms with E-state index in [1.165, 1.54) is 10.5 Å². The molecule has 0 spiro atoms. The van der Waals surface area contributed by atoms with Crippen molar-refractivity contribution in [1.82, 2.24) is 4.90 Å². The largest absolute Gasteiger partial charge is 0.349 e. The number of ketones is 1.